The lowest BCUT2D eigenvalue weighted by Crippen LogP contribution is -3.18. The molecule has 0 saturated carbocycles. The van der Waals surface area contributed by atoms with Crippen molar-refractivity contribution in [2.75, 3.05) is 13.7 Å². The summed E-state index contributed by atoms with van der Waals surface area (Å²) in [5, 5.41) is 19.7. The first-order valence-electron chi connectivity index (χ1n) is 11.2. The zero-order chi connectivity index (χ0) is 21.8. The molecule has 6 nitrogen and oxygen atoms in total. The van der Waals surface area contributed by atoms with Crippen molar-refractivity contribution >= 4 is 5.97 Å². The van der Waals surface area contributed by atoms with E-state index >= 15 is 0 Å². The van der Waals surface area contributed by atoms with Crippen LogP contribution in [0.1, 0.15) is 55.7 Å². The summed E-state index contributed by atoms with van der Waals surface area (Å²) in [5.74, 6) is 0.681. The number of methoxy groups -OCH3 is 1. The summed E-state index contributed by atoms with van der Waals surface area (Å²) in [6, 6.07) is 13.3. The molecule has 2 aliphatic rings. The molecule has 3 N–H and O–H groups in total. The van der Waals surface area contributed by atoms with Crippen LogP contribution in [0.2, 0.25) is 0 Å². The van der Waals surface area contributed by atoms with Crippen LogP contribution in [-0.2, 0) is 16.0 Å². The van der Waals surface area contributed by atoms with Gasteiger partial charge >= 0.3 is 5.97 Å². The van der Waals surface area contributed by atoms with E-state index < -0.39 is 0 Å². The summed E-state index contributed by atoms with van der Waals surface area (Å²) in [6.45, 7) is 1.11. The number of ether oxygens (including phenoxy) is 2. The minimum absolute atomic E-state index is 0.103. The normalized spacial score (nSPS) is 25.5. The molecule has 2 aromatic carbocycles. The Bertz CT molecular complexity index is 897. The van der Waals surface area contributed by atoms with Crippen molar-refractivity contribution < 1.29 is 29.4 Å². The number of hydrogen-bond acceptors (Lipinski definition) is 5. The lowest BCUT2D eigenvalue weighted by molar-refractivity contribution is -0.967. The van der Waals surface area contributed by atoms with Gasteiger partial charge in [0.05, 0.1) is 19.7 Å². The lowest BCUT2D eigenvalue weighted by atomic mass is 9.84. The molecule has 2 aromatic rings. The van der Waals surface area contributed by atoms with Crippen LogP contribution in [0.5, 0.6) is 17.2 Å². The number of piperidine rings is 2. The topological polar surface area (TPSA) is 80.4 Å². The van der Waals surface area contributed by atoms with Gasteiger partial charge in [-0.2, -0.15) is 0 Å². The summed E-state index contributed by atoms with van der Waals surface area (Å²) in [5.41, 5.74) is 2.08. The molecule has 4 rings (SSSR count). The molecule has 0 radical (unpaired) electrons. The third-order valence-electron chi connectivity index (χ3n) is 6.74. The van der Waals surface area contributed by atoms with Gasteiger partial charge in [0.1, 0.15) is 17.9 Å². The number of fused-ring (bicyclic) bond motifs is 1. The minimum Gasteiger partial charge on any atom is -0.508 e. The van der Waals surface area contributed by atoms with Crippen LogP contribution in [0.25, 0.3) is 0 Å². The first-order chi connectivity index (χ1) is 15.0. The molecule has 2 fully saturated rings. The van der Waals surface area contributed by atoms with Gasteiger partial charge in [0.25, 0.3) is 0 Å². The number of phenolic OH excluding ortho intramolecular Hbond substituents is 2. The summed E-state index contributed by atoms with van der Waals surface area (Å²) in [6.07, 6.45) is 6.07. The Morgan fingerprint density at radius 3 is 2.65 bits per heavy atom. The van der Waals surface area contributed by atoms with Crippen molar-refractivity contribution in [2.45, 2.75) is 63.1 Å². The van der Waals surface area contributed by atoms with Gasteiger partial charge < -0.3 is 24.6 Å². The van der Waals surface area contributed by atoms with Crippen molar-refractivity contribution in [3.8, 4) is 17.2 Å². The highest BCUT2D eigenvalue weighted by atomic mass is 16.5. The number of carbonyl (C=O) groups is 1. The average Bonchev–Trinajstić information content (AvgIpc) is 2.78. The quantitative estimate of drug-likeness (QED) is 0.619. The standard InChI is InChI=1S/C25H31NO5/c1-30-24-11-8-18(14-23(24)28)22-16-21(15-19-4-2-3-13-26(19)22)31-25(29)12-7-17-5-9-20(27)10-6-17/h5-6,8-11,14,19,21-22,27-28H,2-4,7,12-13,15-16H2,1H3/p+1/t19-,21+,22+/m1/s1. The molecule has 0 spiro atoms. The Kier molecular flexibility index (Phi) is 6.66. The van der Waals surface area contributed by atoms with Crippen molar-refractivity contribution in [3.05, 3.63) is 53.6 Å². The maximum absolute atomic E-state index is 12.6. The summed E-state index contributed by atoms with van der Waals surface area (Å²) < 4.78 is 11.1. The van der Waals surface area contributed by atoms with E-state index in [1.165, 1.54) is 12.8 Å². The fourth-order valence-electron chi connectivity index (χ4n) is 5.19. The molecule has 0 bridgehead atoms. The minimum atomic E-state index is -0.173. The fraction of sp³-hybridized carbons (Fsp3) is 0.480. The van der Waals surface area contributed by atoms with Crippen LogP contribution in [0, 0.1) is 0 Å². The second-order valence-corrected chi connectivity index (χ2v) is 8.75. The van der Waals surface area contributed by atoms with Gasteiger partial charge in [-0.05, 0) is 61.6 Å². The predicted molar refractivity (Wildman–Crippen MR) is 116 cm³/mol. The highest BCUT2D eigenvalue weighted by molar-refractivity contribution is 5.70. The Labute approximate surface area is 183 Å². The second kappa shape index (κ2) is 9.60. The third-order valence-corrected chi connectivity index (χ3v) is 6.74. The lowest BCUT2D eigenvalue weighted by Gasteiger charge is -2.44. The average molecular weight is 427 g/mol. The molecule has 6 heteroatoms. The smallest absolute Gasteiger partial charge is 0.306 e. The number of aryl methyl sites for hydroxylation is 1. The molecular formula is C25H32NO5+. The van der Waals surface area contributed by atoms with E-state index in [9.17, 15) is 15.0 Å². The molecule has 31 heavy (non-hydrogen) atoms. The van der Waals surface area contributed by atoms with Gasteiger partial charge in [0, 0.05) is 24.8 Å². The molecule has 0 aromatic heterocycles. The van der Waals surface area contributed by atoms with Crippen LogP contribution < -0.4 is 9.64 Å². The number of carbonyl (C=O) groups excluding carboxylic acids is 1. The van der Waals surface area contributed by atoms with Crippen LogP contribution in [-0.4, -0.2) is 42.0 Å². The molecule has 166 valence electrons. The Hall–Kier alpha value is -2.73. The van der Waals surface area contributed by atoms with Crippen LogP contribution in [0.3, 0.4) is 0 Å². The number of aromatic hydroxyl groups is 2. The van der Waals surface area contributed by atoms with Gasteiger partial charge in [0.15, 0.2) is 11.5 Å². The third kappa shape index (κ3) is 5.13. The molecule has 4 atom stereocenters. The van der Waals surface area contributed by atoms with Gasteiger partial charge in [-0.3, -0.25) is 4.79 Å². The maximum atomic E-state index is 12.6. The largest absolute Gasteiger partial charge is 0.508 e. The zero-order valence-electron chi connectivity index (χ0n) is 18.0. The number of phenols is 2. The molecular weight excluding hydrogens is 394 g/mol. The second-order valence-electron chi connectivity index (χ2n) is 8.75. The van der Waals surface area contributed by atoms with Crippen LogP contribution in [0.4, 0.5) is 0 Å². The van der Waals surface area contributed by atoms with Crippen molar-refractivity contribution in [2.24, 2.45) is 0 Å². The Morgan fingerprint density at radius 2 is 1.90 bits per heavy atom. The van der Waals surface area contributed by atoms with E-state index in [0.717, 1.165) is 36.9 Å². The number of hydrogen-bond donors (Lipinski definition) is 3. The molecule has 2 heterocycles. The van der Waals surface area contributed by atoms with Gasteiger partial charge in [-0.15, -0.1) is 0 Å². The number of benzene rings is 2. The van der Waals surface area contributed by atoms with Gasteiger partial charge in [0.2, 0.25) is 0 Å². The highest BCUT2D eigenvalue weighted by Crippen LogP contribution is 2.33. The monoisotopic (exact) mass is 426 g/mol. The van der Waals surface area contributed by atoms with E-state index in [-0.39, 0.29) is 29.6 Å². The number of nitrogens with one attached hydrogen (secondary N) is 1. The molecule has 1 unspecified atom stereocenters. The Morgan fingerprint density at radius 1 is 1.10 bits per heavy atom. The summed E-state index contributed by atoms with van der Waals surface area (Å²) in [7, 11) is 1.55. The van der Waals surface area contributed by atoms with Crippen LogP contribution >= 0.6 is 0 Å². The first-order valence-corrected chi connectivity index (χ1v) is 11.2. The first kappa shape index (κ1) is 21.5. The zero-order valence-corrected chi connectivity index (χ0v) is 18.0. The van der Waals surface area contributed by atoms with Crippen molar-refractivity contribution in [3.63, 3.8) is 0 Å². The van der Waals surface area contributed by atoms with E-state index in [1.807, 2.05) is 24.3 Å². The fourth-order valence-corrected chi connectivity index (χ4v) is 5.19. The van der Waals surface area contributed by atoms with E-state index in [2.05, 4.69) is 0 Å². The van der Waals surface area contributed by atoms with E-state index in [1.54, 1.807) is 30.2 Å². The van der Waals surface area contributed by atoms with Crippen LogP contribution in [0.15, 0.2) is 42.5 Å². The Balaban J connectivity index is 1.42. The maximum Gasteiger partial charge on any atom is 0.306 e. The van der Waals surface area contributed by atoms with Gasteiger partial charge in [-0.1, -0.05) is 12.1 Å². The summed E-state index contributed by atoms with van der Waals surface area (Å²) in [4.78, 5) is 14.1. The highest BCUT2D eigenvalue weighted by Gasteiger charge is 2.42. The predicted octanol–water partition coefficient (Wildman–Crippen LogP) is 2.92. The molecule has 0 amide bonds. The van der Waals surface area contributed by atoms with Gasteiger partial charge in [-0.25, -0.2) is 0 Å². The number of rotatable bonds is 6. The van der Waals surface area contributed by atoms with E-state index in [0.29, 0.717) is 24.6 Å². The van der Waals surface area contributed by atoms with Crippen molar-refractivity contribution in [1.82, 2.24) is 0 Å². The molecule has 2 aliphatic heterocycles. The van der Waals surface area contributed by atoms with Crippen molar-refractivity contribution in [1.29, 1.82) is 0 Å². The van der Waals surface area contributed by atoms with E-state index in [4.69, 9.17) is 9.47 Å². The molecule has 2 saturated heterocycles. The SMILES string of the molecule is COc1ccc([C@@H]2C[C@@H](OC(=O)CCc3ccc(O)cc3)C[C@H]3CCCC[NH+]32)cc1O. The number of esters is 1. The molecule has 0 aliphatic carbocycles. The number of quaternary nitrogens is 1. The summed E-state index contributed by atoms with van der Waals surface area (Å²) >= 11 is 0.